The fourth-order valence-corrected chi connectivity index (χ4v) is 4.64. The van der Waals surface area contributed by atoms with Crippen LogP contribution in [0.25, 0.3) is 0 Å². The molecule has 146 valence electrons. The van der Waals surface area contributed by atoms with Crippen molar-refractivity contribution in [3.8, 4) is 5.75 Å². The molecule has 5 heteroatoms. The number of hydrogen-bond donors (Lipinski definition) is 0. The van der Waals surface area contributed by atoms with Crippen molar-refractivity contribution in [2.45, 2.75) is 37.6 Å². The maximum absolute atomic E-state index is 12.4. The number of carbonyl (C=O) groups excluding carboxylic acids is 1. The molecule has 2 atom stereocenters. The van der Waals surface area contributed by atoms with Gasteiger partial charge in [0, 0.05) is 30.3 Å². The molecule has 28 heavy (non-hydrogen) atoms. The summed E-state index contributed by atoms with van der Waals surface area (Å²) in [4.78, 5) is 18.8. The van der Waals surface area contributed by atoms with Crippen LogP contribution in [0.3, 0.4) is 0 Å². The average Bonchev–Trinajstić information content (AvgIpc) is 3.06. The van der Waals surface area contributed by atoms with Crippen molar-refractivity contribution < 1.29 is 14.3 Å². The van der Waals surface area contributed by atoms with Gasteiger partial charge in [0.1, 0.15) is 11.5 Å². The number of fused-ring (bicyclic) bond motifs is 1. The summed E-state index contributed by atoms with van der Waals surface area (Å²) in [6.07, 6.45) is 8.14. The Labute approximate surface area is 166 Å². The molecule has 0 N–H and O–H groups in total. The van der Waals surface area contributed by atoms with Crippen molar-refractivity contribution in [2.75, 3.05) is 20.7 Å². The van der Waals surface area contributed by atoms with Gasteiger partial charge in [-0.1, -0.05) is 12.1 Å². The number of methoxy groups -OCH3 is 1. The number of ether oxygens (including phenoxy) is 2. The van der Waals surface area contributed by atoms with E-state index in [1.807, 2.05) is 0 Å². The molecule has 2 aliphatic rings. The normalized spacial score (nSPS) is 24.4. The van der Waals surface area contributed by atoms with Gasteiger partial charge in [0.05, 0.1) is 12.7 Å². The van der Waals surface area contributed by atoms with Gasteiger partial charge >= 0.3 is 5.97 Å². The lowest BCUT2D eigenvalue weighted by atomic mass is 9.68. The van der Waals surface area contributed by atoms with Crippen LogP contribution < -0.4 is 4.74 Å². The minimum Gasteiger partial charge on any atom is -0.496 e. The van der Waals surface area contributed by atoms with Crippen LogP contribution in [0.1, 0.15) is 40.7 Å². The first-order valence-corrected chi connectivity index (χ1v) is 9.72. The zero-order chi connectivity index (χ0) is 19.7. The lowest BCUT2D eigenvalue weighted by Crippen LogP contribution is -2.42. The van der Waals surface area contributed by atoms with E-state index in [1.54, 1.807) is 25.4 Å². The Hall–Kier alpha value is -2.66. The van der Waals surface area contributed by atoms with Crippen molar-refractivity contribution in [3.05, 3.63) is 71.3 Å². The van der Waals surface area contributed by atoms with E-state index in [0.29, 0.717) is 5.56 Å². The number of allylic oxidation sites excluding steroid dienone is 1. The molecule has 5 nitrogen and oxygen atoms in total. The van der Waals surface area contributed by atoms with Crippen molar-refractivity contribution in [1.82, 2.24) is 9.88 Å². The number of likely N-dealkylation sites (N-methyl/N-ethyl adjacent to an activating group) is 1. The second kappa shape index (κ2) is 7.40. The Morgan fingerprint density at radius 1 is 1.29 bits per heavy atom. The summed E-state index contributed by atoms with van der Waals surface area (Å²) in [5.74, 6) is 1.33. The first-order chi connectivity index (χ1) is 13.5. The Bertz CT molecular complexity index is 909. The second-order valence-corrected chi connectivity index (χ2v) is 7.78. The third kappa shape index (κ3) is 3.20. The number of benzene rings is 1. The summed E-state index contributed by atoms with van der Waals surface area (Å²) in [6, 6.07) is 10.2. The molecule has 0 saturated carbocycles. The molecule has 0 unspecified atom stereocenters. The summed E-state index contributed by atoms with van der Waals surface area (Å²) >= 11 is 0. The second-order valence-electron chi connectivity index (χ2n) is 7.78. The molecule has 1 aromatic heterocycles. The quantitative estimate of drug-likeness (QED) is 0.756. The molecule has 0 radical (unpaired) electrons. The molecule has 0 amide bonds. The number of nitrogens with zero attached hydrogens (tertiary/aromatic N) is 2. The number of likely N-dealkylation sites (tertiary alicyclic amines) is 1. The SMILES string of the molecule is COc1ccc([C@@]23CCC(OC(=O)c4cccnc4)=C[C@@H]2N(C)CC3)cc1C. The summed E-state index contributed by atoms with van der Waals surface area (Å²) in [5.41, 5.74) is 3.02. The molecule has 1 aromatic carbocycles. The van der Waals surface area contributed by atoms with Crippen LogP contribution in [0.5, 0.6) is 5.75 Å². The van der Waals surface area contributed by atoms with E-state index < -0.39 is 0 Å². The molecule has 1 aliphatic heterocycles. The highest BCUT2D eigenvalue weighted by Gasteiger charge is 2.48. The predicted octanol–water partition coefficient (Wildman–Crippen LogP) is 3.88. The summed E-state index contributed by atoms with van der Waals surface area (Å²) < 4.78 is 11.1. The highest BCUT2D eigenvalue weighted by molar-refractivity contribution is 5.89. The highest BCUT2D eigenvalue weighted by Crippen LogP contribution is 2.48. The van der Waals surface area contributed by atoms with Gasteiger partial charge in [0.15, 0.2) is 0 Å². The van der Waals surface area contributed by atoms with Crippen LogP contribution in [-0.2, 0) is 10.2 Å². The van der Waals surface area contributed by atoms with E-state index in [-0.39, 0.29) is 17.4 Å². The third-order valence-electron chi connectivity index (χ3n) is 6.20. The van der Waals surface area contributed by atoms with E-state index in [4.69, 9.17) is 9.47 Å². The minimum absolute atomic E-state index is 0.0516. The van der Waals surface area contributed by atoms with Crippen molar-refractivity contribution in [1.29, 1.82) is 0 Å². The van der Waals surface area contributed by atoms with Gasteiger partial charge in [-0.15, -0.1) is 0 Å². The summed E-state index contributed by atoms with van der Waals surface area (Å²) in [7, 11) is 3.85. The minimum atomic E-state index is -0.340. The topological polar surface area (TPSA) is 51.7 Å². The Morgan fingerprint density at radius 3 is 2.86 bits per heavy atom. The van der Waals surface area contributed by atoms with Gasteiger partial charge in [0.2, 0.25) is 0 Å². The van der Waals surface area contributed by atoms with Gasteiger partial charge in [0.25, 0.3) is 0 Å². The molecule has 0 bridgehead atoms. The zero-order valence-corrected chi connectivity index (χ0v) is 16.6. The molecule has 2 aromatic rings. The van der Waals surface area contributed by atoms with E-state index in [0.717, 1.165) is 42.9 Å². The lowest BCUT2D eigenvalue weighted by Gasteiger charge is -2.40. The number of rotatable bonds is 4. The lowest BCUT2D eigenvalue weighted by molar-refractivity contribution is 0.0593. The zero-order valence-electron chi connectivity index (χ0n) is 16.6. The van der Waals surface area contributed by atoms with Crippen molar-refractivity contribution in [3.63, 3.8) is 0 Å². The number of esters is 1. The number of aromatic nitrogens is 1. The summed E-state index contributed by atoms with van der Waals surface area (Å²) in [5, 5.41) is 0. The number of aryl methyl sites for hydroxylation is 1. The van der Waals surface area contributed by atoms with Crippen LogP contribution in [0.2, 0.25) is 0 Å². The fourth-order valence-electron chi connectivity index (χ4n) is 4.64. The van der Waals surface area contributed by atoms with E-state index in [2.05, 4.69) is 48.1 Å². The first-order valence-electron chi connectivity index (χ1n) is 9.72. The van der Waals surface area contributed by atoms with Crippen LogP contribution >= 0.6 is 0 Å². The van der Waals surface area contributed by atoms with Crippen LogP contribution in [-0.4, -0.2) is 42.6 Å². The number of pyridine rings is 1. The van der Waals surface area contributed by atoms with E-state index >= 15 is 0 Å². The fraction of sp³-hybridized carbons (Fsp3) is 0.391. The maximum Gasteiger partial charge on any atom is 0.344 e. The number of carbonyl (C=O) groups is 1. The standard InChI is InChI=1S/C23H26N2O3/c1-16-13-18(6-7-20(16)27-3)23-9-8-19(14-21(23)25(2)12-10-23)28-22(26)17-5-4-11-24-15-17/h4-7,11,13-15,21H,8-10,12H2,1-3H3/t21-,23-/m0/s1. The molecule has 1 aliphatic carbocycles. The Kier molecular flexibility index (Phi) is 4.94. The smallest absolute Gasteiger partial charge is 0.344 e. The average molecular weight is 378 g/mol. The Morgan fingerprint density at radius 2 is 2.14 bits per heavy atom. The van der Waals surface area contributed by atoms with Crippen molar-refractivity contribution >= 4 is 5.97 Å². The largest absolute Gasteiger partial charge is 0.496 e. The van der Waals surface area contributed by atoms with Crippen LogP contribution in [0, 0.1) is 6.92 Å². The van der Waals surface area contributed by atoms with E-state index in [9.17, 15) is 4.79 Å². The van der Waals surface area contributed by atoms with Crippen LogP contribution in [0.4, 0.5) is 0 Å². The van der Waals surface area contributed by atoms with E-state index in [1.165, 1.54) is 11.8 Å². The van der Waals surface area contributed by atoms with Crippen LogP contribution in [0.15, 0.2) is 54.6 Å². The molecular formula is C23H26N2O3. The first kappa shape index (κ1) is 18.7. The number of hydrogen-bond acceptors (Lipinski definition) is 5. The van der Waals surface area contributed by atoms with Gasteiger partial charge in [-0.05, 0) is 68.8 Å². The molecule has 1 fully saturated rings. The molecule has 1 saturated heterocycles. The highest BCUT2D eigenvalue weighted by atomic mass is 16.5. The molecule has 4 rings (SSSR count). The Balaban J connectivity index is 1.61. The predicted molar refractivity (Wildman–Crippen MR) is 107 cm³/mol. The molecule has 2 heterocycles. The van der Waals surface area contributed by atoms with Gasteiger partial charge in [-0.2, -0.15) is 0 Å². The monoisotopic (exact) mass is 378 g/mol. The third-order valence-corrected chi connectivity index (χ3v) is 6.20. The van der Waals surface area contributed by atoms with Gasteiger partial charge < -0.3 is 9.47 Å². The maximum atomic E-state index is 12.4. The van der Waals surface area contributed by atoms with Crippen molar-refractivity contribution in [2.24, 2.45) is 0 Å². The molecule has 0 spiro atoms. The summed E-state index contributed by atoms with van der Waals surface area (Å²) in [6.45, 7) is 3.11. The molecular weight excluding hydrogens is 352 g/mol. The van der Waals surface area contributed by atoms with Gasteiger partial charge in [-0.25, -0.2) is 4.79 Å². The van der Waals surface area contributed by atoms with Gasteiger partial charge in [-0.3, -0.25) is 9.88 Å².